The van der Waals surface area contributed by atoms with Crippen LogP contribution in [-0.2, 0) is 11.2 Å². The Bertz CT molecular complexity index is 712. The van der Waals surface area contributed by atoms with E-state index in [-0.39, 0.29) is 17.9 Å². The second kappa shape index (κ2) is 7.49. The molecule has 0 aromatic heterocycles. The highest BCUT2D eigenvalue weighted by Crippen LogP contribution is 2.19. The molecule has 1 saturated carbocycles. The molecule has 1 aliphatic rings. The molecule has 2 N–H and O–H groups in total. The van der Waals surface area contributed by atoms with Crippen LogP contribution in [0.15, 0.2) is 54.6 Å². The summed E-state index contributed by atoms with van der Waals surface area (Å²) in [5.74, 6) is -0.415. The summed E-state index contributed by atoms with van der Waals surface area (Å²) in [4.78, 5) is 24.9. The van der Waals surface area contributed by atoms with Crippen LogP contribution in [0.2, 0.25) is 5.02 Å². The van der Waals surface area contributed by atoms with E-state index in [1.54, 1.807) is 24.3 Å². The number of halogens is 1. The number of carbonyl (C=O) groups excluding carboxylic acids is 2. The maximum atomic E-state index is 12.5. The molecule has 0 heterocycles. The van der Waals surface area contributed by atoms with Gasteiger partial charge >= 0.3 is 0 Å². The van der Waals surface area contributed by atoms with Crippen molar-refractivity contribution in [1.82, 2.24) is 10.6 Å². The first-order valence-electron chi connectivity index (χ1n) is 8.02. The molecule has 2 aromatic carbocycles. The van der Waals surface area contributed by atoms with Gasteiger partial charge in [-0.3, -0.25) is 9.59 Å². The quantitative estimate of drug-likeness (QED) is 0.848. The lowest BCUT2D eigenvalue weighted by atomic mass is 10.0. The first-order chi connectivity index (χ1) is 11.6. The first-order valence-corrected chi connectivity index (χ1v) is 8.40. The van der Waals surface area contributed by atoms with Crippen molar-refractivity contribution in [1.29, 1.82) is 0 Å². The van der Waals surface area contributed by atoms with Gasteiger partial charge in [0.2, 0.25) is 5.91 Å². The van der Waals surface area contributed by atoms with Crippen LogP contribution in [0.3, 0.4) is 0 Å². The van der Waals surface area contributed by atoms with E-state index in [1.165, 1.54) is 0 Å². The lowest BCUT2D eigenvalue weighted by Gasteiger charge is -2.18. The number of nitrogens with one attached hydrogen (secondary N) is 2. The van der Waals surface area contributed by atoms with Crippen LogP contribution < -0.4 is 10.6 Å². The van der Waals surface area contributed by atoms with Crippen molar-refractivity contribution in [3.05, 3.63) is 70.7 Å². The fourth-order valence-electron chi connectivity index (χ4n) is 2.43. The summed E-state index contributed by atoms with van der Waals surface area (Å²) in [5.41, 5.74) is 1.49. The average molecular weight is 343 g/mol. The Morgan fingerprint density at radius 1 is 1.04 bits per heavy atom. The number of benzene rings is 2. The van der Waals surface area contributed by atoms with Crippen molar-refractivity contribution in [3.8, 4) is 0 Å². The molecule has 2 aromatic rings. The highest BCUT2D eigenvalue weighted by Gasteiger charge is 2.28. The third-order valence-electron chi connectivity index (χ3n) is 3.93. The molecule has 0 bridgehead atoms. The zero-order valence-electron chi connectivity index (χ0n) is 13.2. The van der Waals surface area contributed by atoms with Gasteiger partial charge in [0.1, 0.15) is 6.04 Å². The van der Waals surface area contributed by atoms with Crippen molar-refractivity contribution in [3.63, 3.8) is 0 Å². The standard InChI is InChI=1S/C19H19ClN2O2/c20-15-8-6-14(7-9-15)18(23)22-17(19(24)21-16-10-11-16)12-13-4-2-1-3-5-13/h1-9,16-17H,10-12H2,(H,21,24)(H,22,23)/t17-/m0/s1. The maximum Gasteiger partial charge on any atom is 0.251 e. The molecule has 0 spiro atoms. The van der Waals surface area contributed by atoms with Crippen LogP contribution in [0.25, 0.3) is 0 Å². The predicted molar refractivity (Wildman–Crippen MR) is 94.0 cm³/mol. The molecule has 0 radical (unpaired) electrons. The van der Waals surface area contributed by atoms with Crippen LogP contribution in [0.1, 0.15) is 28.8 Å². The number of rotatable bonds is 6. The van der Waals surface area contributed by atoms with E-state index in [0.29, 0.717) is 17.0 Å². The molecule has 0 unspecified atom stereocenters. The average Bonchev–Trinajstić information content (AvgIpc) is 3.39. The molecule has 1 aliphatic carbocycles. The van der Waals surface area contributed by atoms with Gasteiger partial charge < -0.3 is 10.6 Å². The molecular formula is C19H19ClN2O2. The fraction of sp³-hybridized carbons (Fsp3) is 0.263. The van der Waals surface area contributed by atoms with Crippen LogP contribution in [-0.4, -0.2) is 23.9 Å². The molecule has 0 saturated heterocycles. The largest absolute Gasteiger partial charge is 0.352 e. The molecular weight excluding hydrogens is 324 g/mol. The summed E-state index contributed by atoms with van der Waals surface area (Å²) >= 11 is 5.85. The Morgan fingerprint density at radius 3 is 2.33 bits per heavy atom. The van der Waals surface area contributed by atoms with Crippen molar-refractivity contribution in [2.75, 3.05) is 0 Å². The van der Waals surface area contributed by atoms with Gasteiger partial charge in [0.15, 0.2) is 0 Å². The topological polar surface area (TPSA) is 58.2 Å². The summed E-state index contributed by atoms with van der Waals surface area (Å²) in [6.45, 7) is 0. The van der Waals surface area contributed by atoms with E-state index < -0.39 is 6.04 Å². The normalized spacial score (nSPS) is 14.7. The number of hydrogen-bond acceptors (Lipinski definition) is 2. The van der Waals surface area contributed by atoms with Gasteiger partial charge in [-0.1, -0.05) is 41.9 Å². The molecule has 24 heavy (non-hydrogen) atoms. The molecule has 2 amide bonds. The van der Waals surface area contributed by atoms with E-state index in [1.807, 2.05) is 30.3 Å². The summed E-state index contributed by atoms with van der Waals surface area (Å²) in [6, 6.07) is 15.9. The van der Waals surface area contributed by atoms with E-state index in [4.69, 9.17) is 11.6 Å². The lowest BCUT2D eigenvalue weighted by Crippen LogP contribution is -2.48. The maximum absolute atomic E-state index is 12.5. The molecule has 5 heteroatoms. The number of carbonyl (C=O) groups is 2. The van der Waals surface area contributed by atoms with Gasteiger partial charge in [-0.2, -0.15) is 0 Å². The van der Waals surface area contributed by atoms with Gasteiger partial charge in [0.25, 0.3) is 5.91 Å². The number of hydrogen-bond donors (Lipinski definition) is 2. The Kier molecular flexibility index (Phi) is 5.16. The highest BCUT2D eigenvalue weighted by atomic mass is 35.5. The zero-order chi connectivity index (χ0) is 16.9. The van der Waals surface area contributed by atoms with E-state index in [9.17, 15) is 9.59 Å². The molecule has 0 aliphatic heterocycles. The smallest absolute Gasteiger partial charge is 0.251 e. The predicted octanol–water partition coefficient (Wildman–Crippen LogP) is 2.96. The van der Waals surface area contributed by atoms with Crippen molar-refractivity contribution < 1.29 is 9.59 Å². The van der Waals surface area contributed by atoms with Crippen molar-refractivity contribution in [2.24, 2.45) is 0 Å². The lowest BCUT2D eigenvalue weighted by molar-refractivity contribution is -0.123. The molecule has 1 atom stereocenters. The van der Waals surface area contributed by atoms with Gasteiger partial charge in [-0.15, -0.1) is 0 Å². The summed E-state index contributed by atoms with van der Waals surface area (Å²) in [7, 11) is 0. The minimum absolute atomic E-state index is 0.135. The minimum Gasteiger partial charge on any atom is -0.352 e. The molecule has 4 nitrogen and oxygen atoms in total. The molecule has 3 rings (SSSR count). The first kappa shape index (κ1) is 16.5. The molecule has 124 valence electrons. The van der Waals surface area contributed by atoms with Crippen LogP contribution >= 0.6 is 11.6 Å². The van der Waals surface area contributed by atoms with E-state index in [2.05, 4.69) is 10.6 Å². The van der Waals surface area contributed by atoms with Gasteiger partial charge in [0.05, 0.1) is 0 Å². The minimum atomic E-state index is -0.601. The van der Waals surface area contributed by atoms with E-state index >= 15 is 0 Å². The zero-order valence-corrected chi connectivity index (χ0v) is 13.9. The second-order valence-electron chi connectivity index (χ2n) is 6.01. The summed E-state index contributed by atoms with van der Waals surface area (Å²) in [6.07, 6.45) is 2.47. The third kappa shape index (κ3) is 4.59. The summed E-state index contributed by atoms with van der Waals surface area (Å²) < 4.78 is 0. The van der Waals surface area contributed by atoms with Gasteiger partial charge in [-0.05, 0) is 42.7 Å². The van der Waals surface area contributed by atoms with E-state index in [0.717, 1.165) is 18.4 Å². The van der Waals surface area contributed by atoms with Crippen molar-refractivity contribution in [2.45, 2.75) is 31.3 Å². The Hall–Kier alpha value is -2.33. The SMILES string of the molecule is O=C(N[C@@H](Cc1ccccc1)C(=O)NC1CC1)c1ccc(Cl)cc1. The number of amides is 2. The van der Waals surface area contributed by atoms with Crippen LogP contribution in [0, 0.1) is 0 Å². The highest BCUT2D eigenvalue weighted by molar-refractivity contribution is 6.30. The third-order valence-corrected chi connectivity index (χ3v) is 4.19. The van der Waals surface area contributed by atoms with Gasteiger partial charge in [0, 0.05) is 23.0 Å². The summed E-state index contributed by atoms with van der Waals surface area (Å²) in [5, 5.41) is 6.37. The van der Waals surface area contributed by atoms with Gasteiger partial charge in [-0.25, -0.2) is 0 Å². The Labute approximate surface area is 146 Å². The monoisotopic (exact) mass is 342 g/mol. The Morgan fingerprint density at radius 2 is 1.71 bits per heavy atom. The Balaban J connectivity index is 1.71. The van der Waals surface area contributed by atoms with Crippen molar-refractivity contribution >= 4 is 23.4 Å². The van der Waals surface area contributed by atoms with Crippen LogP contribution in [0.4, 0.5) is 0 Å². The van der Waals surface area contributed by atoms with Crippen LogP contribution in [0.5, 0.6) is 0 Å². The second-order valence-corrected chi connectivity index (χ2v) is 6.44. The molecule has 1 fully saturated rings. The fourth-order valence-corrected chi connectivity index (χ4v) is 2.56.